The van der Waals surface area contributed by atoms with Crippen LogP contribution in [0, 0.1) is 0 Å². The van der Waals surface area contributed by atoms with Crippen molar-refractivity contribution in [2.75, 3.05) is 14.2 Å². The Hall–Kier alpha value is -4.44. The third-order valence-corrected chi connectivity index (χ3v) is 8.87. The van der Waals surface area contributed by atoms with Gasteiger partial charge in [-0.15, -0.1) is 0 Å². The molecule has 0 bridgehead atoms. The molecule has 5 aromatic rings. The number of benzene rings is 4. The van der Waals surface area contributed by atoms with E-state index in [1.54, 1.807) is 44.8 Å². The van der Waals surface area contributed by atoms with Crippen molar-refractivity contribution in [3.63, 3.8) is 0 Å². The van der Waals surface area contributed by atoms with E-state index in [1.807, 2.05) is 90.6 Å². The molecule has 216 valence electrons. The highest BCUT2D eigenvalue weighted by Crippen LogP contribution is 2.33. The van der Waals surface area contributed by atoms with E-state index in [2.05, 4.69) is 4.98 Å². The van der Waals surface area contributed by atoms with Gasteiger partial charge in [0.25, 0.3) is 0 Å². The maximum Gasteiger partial charge on any atom is 0.243 e. The summed E-state index contributed by atoms with van der Waals surface area (Å²) in [6.45, 7) is 0.293. The summed E-state index contributed by atoms with van der Waals surface area (Å²) in [5.41, 5.74) is 4.23. The fourth-order valence-corrected chi connectivity index (χ4v) is 6.26. The number of hydrogen-bond acceptors (Lipinski definition) is 6. The predicted molar refractivity (Wildman–Crippen MR) is 162 cm³/mol. The number of sulfonamides is 1. The summed E-state index contributed by atoms with van der Waals surface area (Å²) in [6.07, 6.45) is 2.52. The van der Waals surface area contributed by atoms with Crippen LogP contribution in [0.4, 0.5) is 0 Å². The van der Waals surface area contributed by atoms with Gasteiger partial charge in [0.2, 0.25) is 10.0 Å². The van der Waals surface area contributed by atoms with Crippen LogP contribution < -0.4 is 9.47 Å². The van der Waals surface area contributed by atoms with E-state index in [0.29, 0.717) is 22.6 Å². The minimum atomic E-state index is -3.98. The van der Waals surface area contributed by atoms with Crippen molar-refractivity contribution in [2.24, 2.45) is 7.05 Å². The lowest BCUT2D eigenvalue weighted by Gasteiger charge is -2.24. The zero-order valence-corrected chi connectivity index (χ0v) is 24.5. The number of aryl methyl sites for hydroxylation is 1. The Labute approximate surface area is 246 Å². The van der Waals surface area contributed by atoms with Gasteiger partial charge >= 0.3 is 0 Å². The van der Waals surface area contributed by atoms with Crippen LogP contribution in [0.2, 0.25) is 0 Å². The molecular formula is C33H33N3O5S. The molecule has 0 spiro atoms. The molecule has 1 heterocycles. The molecule has 0 saturated heterocycles. The van der Waals surface area contributed by atoms with Gasteiger partial charge in [-0.25, -0.2) is 13.4 Å². The fourth-order valence-electron chi connectivity index (χ4n) is 4.79. The van der Waals surface area contributed by atoms with Crippen molar-refractivity contribution in [3.05, 3.63) is 132 Å². The van der Waals surface area contributed by atoms with Gasteiger partial charge < -0.3 is 19.1 Å². The monoisotopic (exact) mass is 583 g/mol. The molecule has 42 heavy (non-hydrogen) atoms. The third kappa shape index (κ3) is 6.38. The molecule has 0 fully saturated rings. The second kappa shape index (κ2) is 12.6. The van der Waals surface area contributed by atoms with Crippen LogP contribution in [-0.2, 0) is 30.2 Å². The summed E-state index contributed by atoms with van der Waals surface area (Å²) >= 11 is 0. The summed E-state index contributed by atoms with van der Waals surface area (Å²) < 4.78 is 42.1. The van der Waals surface area contributed by atoms with Crippen LogP contribution in [-0.4, -0.2) is 41.6 Å². The number of imidazole rings is 1. The van der Waals surface area contributed by atoms with Crippen LogP contribution in [0.25, 0.3) is 11.3 Å². The molecule has 1 aromatic heterocycles. The van der Waals surface area contributed by atoms with E-state index in [1.165, 1.54) is 4.31 Å². The maximum atomic E-state index is 14.2. The van der Waals surface area contributed by atoms with Gasteiger partial charge in [0.15, 0.2) is 0 Å². The number of aliphatic hydroxyl groups is 1. The van der Waals surface area contributed by atoms with Crippen LogP contribution in [0.5, 0.6) is 11.5 Å². The average molecular weight is 584 g/mol. The Morgan fingerprint density at radius 2 is 1.43 bits per heavy atom. The van der Waals surface area contributed by atoms with Crippen LogP contribution >= 0.6 is 0 Å². The van der Waals surface area contributed by atoms with Gasteiger partial charge in [-0.3, -0.25) is 0 Å². The van der Waals surface area contributed by atoms with Gasteiger partial charge in [-0.1, -0.05) is 60.7 Å². The predicted octanol–water partition coefficient (Wildman–Crippen LogP) is 5.58. The summed E-state index contributed by atoms with van der Waals surface area (Å²) in [5.74, 6) is 1.38. The number of methoxy groups -OCH3 is 2. The molecule has 9 heteroatoms. The lowest BCUT2D eigenvalue weighted by molar-refractivity contribution is 0.220. The zero-order chi connectivity index (χ0) is 29.7. The summed E-state index contributed by atoms with van der Waals surface area (Å²) in [6, 6.07) is 28.6. The third-order valence-electron chi connectivity index (χ3n) is 7.08. The number of aliphatic hydroxyl groups excluding tert-OH is 1. The van der Waals surface area contributed by atoms with E-state index >= 15 is 0 Å². The van der Waals surface area contributed by atoms with Gasteiger partial charge in [-0.2, -0.15) is 4.31 Å². The molecule has 0 amide bonds. The molecule has 0 saturated carbocycles. The second-order valence-corrected chi connectivity index (χ2v) is 11.9. The van der Waals surface area contributed by atoms with Crippen molar-refractivity contribution >= 4 is 10.0 Å². The quantitative estimate of drug-likeness (QED) is 0.218. The topological polar surface area (TPSA) is 93.9 Å². The molecule has 0 aliphatic rings. The van der Waals surface area contributed by atoms with Crippen molar-refractivity contribution in [1.82, 2.24) is 13.9 Å². The Bertz CT molecular complexity index is 1700. The normalized spacial score (nSPS) is 12.3. The second-order valence-electron chi connectivity index (χ2n) is 9.96. The maximum absolute atomic E-state index is 14.2. The van der Waals surface area contributed by atoms with E-state index in [0.717, 1.165) is 22.4 Å². The molecule has 4 aromatic carbocycles. The molecule has 0 aliphatic heterocycles. The van der Waals surface area contributed by atoms with Crippen molar-refractivity contribution in [1.29, 1.82) is 0 Å². The lowest BCUT2D eigenvalue weighted by Crippen LogP contribution is -2.30. The van der Waals surface area contributed by atoms with Gasteiger partial charge in [0.05, 0.1) is 31.1 Å². The van der Waals surface area contributed by atoms with Crippen LogP contribution in [0.3, 0.4) is 0 Å². The standard InChI is InChI=1S/C33H33N3O5S/c1-35-22-32(34-23-35)30-9-4-5-10-31(30)33(37)26-7-6-8-29(19-26)42(38,39)36(20-24-11-15-27(40-2)16-12-24)21-25-13-17-28(41-3)18-14-25/h4-19,22-23,33,37H,20-21H2,1-3H3. The van der Waals surface area contributed by atoms with Crippen molar-refractivity contribution in [2.45, 2.75) is 24.1 Å². The van der Waals surface area contributed by atoms with Gasteiger partial charge in [0, 0.05) is 31.9 Å². The molecule has 8 nitrogen and oxygen atoms in total. The SMILES string of the molecule is COc1ccc(CN(Cc2ccc(OC)cc2)S(=O)(=O)c2cccc(C(O)c3ccccc3-c3cn(C)cn3)c2)cc1. The largest absolute Gasteiger partial charge is 0.497 e. The first-order valence-corrected chi connectivity index (χ1v) is 14.8. The highest BCUT2D eigenvalue weighted by molar-refractivity contribution is 7.89. The summed E-state index contributed by atoms with van der Waals surface area (Å²) in [7, 11) is 1.08. The number of nitrogens with zero attached hydrogens (tertiary/aromatic N) is 3. The summed E-state index contributed by atoms with van der Waals surface area (Å²) in [5, 5.41) is 11.5. The minimum absolute atomic E-state index is 0.0939. The average Bonchev–Trinajstić information content (AvgIpc) is 3.47. The van der Waals surface area contributed by atoms with E-state index < -0.39 is 16.1 Å². The van der Waals surface area contributed by atoms with E-state index in [-0.39, 0.29) is 18.0 Å². The fraction of sp³-hybridized carbons (Fsp3) is 0.182. The number of rotatable bonds is 11. The van der Waals surface area contributed by atoms with Crippen molar-refractivity contribution < 1.29 is 23.0 Å². The first-order valence-electron chi connectivity index (χ1n) is 13.4. The number of hydrogen-bond donors (Lipinski definition) is 1. The highest BCUT2D eigenvalue weighted by Gasteiger charge is 2.27. The highest BCUT2D eigenvalue weighted by atomic mass is 32.2. The molecule has 1 atom stereocenters. The molecule has 1 N–H and O–H groups in total. The number of aromatic nitrogens is 2. The van der Waals surface area contributed by atoms with Gasteiger partial charge in [0.1, 0.15) is 17.6 Å². The van der Waals surface area contributed by atoms with E-state index in [4.69, 9.17) is 9.47 Å². The number of ether oxygens (including phenoxy) is 2. The first kappa shape index (κ1) is 29.1. The summed E-state index contributed by atoms with van der Waals surface area (Å²) in [4.78, 5) is 4.53. The Morgan fingerprint density at radius 3 is 1.98 bits per heavy atom. The Kier molecular flexibility index (Phi) is 8.72. The Morgan fingerprint density at radius 1 is 0.833 bits per heavy atom. The van der Waals surface area contributed by atoms with Crippen LogP contribution in [0.15, 0.2) is 114 Å². The lowest BCUT2D eigenvalue weighted by atomic mass is 9.95. The molecule has 1 unspecified atom stereocenters. The molecule has 0 radical (unpaired) electrons. The van der Waals surface area contributed by atoms with Gasteiger partial charge in [-0.05, 0) is 58.7 Å². The minimum Gasteiger partial charge on any atom is -0.497 e. The van der Waals surface area contributed by atoms with E-state index in [9.17, 15) is 13.5 Å². The smallest absolute Gasteiger partial charge is 0.243 e. The van der Waals surface area contributed by atoms with Crippen molar-refractivity contribution in [3.8, 4) is 22.8 Å². The first-order chi connectivity index (χ1) is 20.3. The Balaban J connectivity index is 1.49. The molecular weight excluding hydrogens is 550 g/mol. The molecule has 5 rings (SSSR count). The molecule has 0 aliphatic carbocycles. The van der Waals surface area contributed by atoms with Crippen LogP contribution in [0.1, 0.15) is 28.4 Å². The zero-order valence-electron chi connectivity index (χ0n) is 23.7.